The summed E-state index contributed by atoms with van der Waals surface area (Å²) >= 11 is 12.1. The number of hydrogen-bond donors (Lipinski definition) is 9. The molecule has 19 nitrogen and oxygen atoms in total. The zero-order chi connectivity index (χ0) is 54.8. The summed E-state index contributed by atoms with van der Waals surface area (Å²) in [6.07, 6.45) is 9.08. The van der Waals surface area contributed by atoms with Crippen molar-refractivity contribution in [3.63, 3.8) is 0 Å². The number of halogens is 2. The lowest BCUT2D eigenvalue weighted by Crippen LogP contribution is -2.54. The highest BCUT2D eigenvalue weighted by Crippen LogP contribution is 2.22. The number of nitrogens with two attached hydrogens (primary N) is 3. The minimum absolute atomic E-state index is 0.0194. The Kier molecular flexibility index (Phi) is 25.8. The molecular formula is C54H83Cl2N13O6+2. The number of hydrogen-bond acceptors (Lipinski definition) is 11. The highest BCUT2D eigenvalue weighted by Gasteiger charge is 2.30. The number of quaternary nitrogens is 2. The topological polar surface area (TPSA) is 263 Å². The summed E-state index contributed by atoms with van der Waals surface area (Å²) in [5.74, 6) is 0.793. The van der Waals surface area contributed by atoms with Crippen LogP contribution in [0, 0.1) is 0 Å². The molecule has 4 aromatic rings. The van der Waals surface area contributed by atoms with E-state index in [4.69, 9.17) is 49.9 Å². The van der Waals surface area contributed by atoms with E-state index in [0.717, 1.165) is 84.9 Å². The Balaban J connectivity index is 0.988. The average molecular weight is 1080 g/mol. The number of aryl methyl sites for hydroxylation is 2. The van der Waals surface area contributed by atoms with Gasteiger partial charge in [-0.15, -0.1) is 0 Å². The highest BCUT2D eigenvalue weighted by molar-refractivity contribution is 6.33. The van der Waals surface area contributed by atoms with Crippen molar-refractivity contribution in [2.75, 3.05) is 111 Å². The minimum atomic E-state index is -0.435. The minimum Gasteiger partial charge on any atom is -0.492 e. The smallest absolute Gasteiger partial charge is 0.314 e. The molecule has 1 aromatic heterocycles. The van der Waals surface area contributed by atoms with Crippen LogP contribution in [0.3, 0.4) is 0 Å². The van der Waals surface area contributed by atoms with E-state index in [1.165, 1.54) is 11.1 Å². The van der Waals surface area contributed by atoms with Gasteiger partial charge in [-0.25, -0.2) is 19.6 Å². The second kappa shape index (κ2) is 31.6. The molecule has 0 spiro atoms. The number of likely N-dealkylation sites (N-methyl/N-ethyl adjacent to an activating group) is 2. The number of carbonyl (C=O) groups excluding carboxylic acids is 4. The van der Waals surface area contributed by atoms with E-state index in [2.05, 4.69) is 108 Å². The fourth-order valence-corrected chi connectivity index (χ4v) is 8.95. The van der Waals surface area contributed by atoms with E-state index in [0.29, 0.717) is 81.6 Å². The maximum atomic E-state index is 12.9. The van der Waals surface area contributed by atoms with Crippen LogP contribution in [0.15, 0.2) is 66.7 Å². The Labute approximate surface area is 453 Å². The summed E-state index contributed by atoms with van der Waals surface area (Å²) in [5, 5.41) is 17.7. The Hall–Kier alpha value is -6.28. The molecule has 4 rings (SSSR count). The summed E-state index contributed by atoms with van der Waals surface area (Å²) in [4.78, 5) is 58.2. The molecule has 0 saturated heterocycles. The lowest BCUT2D eigenvalue weighted by Gasteiger charge is -2.38. The van der Waals surface area contributed by atoms with Crippen molar-refractivity contribution in [1.29, 1.82) is 0 Å². The van der Waals surface area contributed by atoms with Gasteiger partial charge in [0.05, 0.1) is 78.2 Å². The van der Waals surface area contributed by atoms with Crippen LogP contribution in [0.25, 0.3) is 0 Å². The van der Waals surface area contributed by atoms with Crippen molar-refractivity contribution < 1.29 is 37.6 Å². The Morgan fingerprint density at radius 3 is 1.48 bits per heavy atom. The monoisotopic (exact) mass is 1080 g/mol. The Morgan fingerprint density at radius 1 is 0.573 bits per heavy atom. The third-order valence-corrected chi connectivity index (χ3v) is 13.9. The summed E-state index contributed by atoms with van der Waals surface area (Å²) < 4.78 is 13.2. The number of benzene rings is 3. The van der Waals surface area contributed by atoms with Crippen molar-refractivity contribution >= 4 is 64.4 Å². The number of urea groups is 2. The largest absolute Gasteiger partial charge is 0.492 e. The molecule has 0 fully saturated rings. The van der Waals surface area contributed by atoms with Gasteiger partial charge in [0.15, 0.2) is 22.5 Å². The summed E-state index contributed by atoms with van der Waals surface area (Å²) in [7, 11) is 8.80. The van der Waals surface area contributed by atoms with Crippen molar-refractivity contribution in [1.82, 2.24) is 41.9 Å². The van der Waals surface area contributed by atoms with Gasteiger partial charge in [0.1, 0.15) is 36.8 Å². The van der Waals surface area contributed by atoms with Gasteiger partial charge in [0, 0.05) is 44.3 Å². The van der Waals surface area contributed by atoms with E-state index in [1.807, 2.05) is 24.3 Å². The summed E-state index contributed by atoms with van der Waals surface area (Å²) in [5.41, 5.74) is 20.7. The fraction of sp³-hybridized carbons (Fsp3) is 0.519. The van der Waals surface area contributed by atoms with E-state index in [9.17, 15) is 19.2 Å². The normalized spacial score (nSPS) is 12.3. The second-order valence-corrected chi connectivity index (χ2v) is 20.7. The molecule has 0 radical (unpaired) electrons. The number of ether oxygens (including phenoxy) is 2. The maximum absolute atomic E-state index is 12.9. The first-order valence-corrected chi connectivity index (χ1v) is 26.9. The van der Waals surface area contributed by atoms with Crippen LogP contribution >= 0.6 is 23.2 Å². The number of nitrogens with one attached hydrogen (secondary N) is 6. The van der Waals surface area contributed by atoms with Crippen molar-refractivity contribution in [3.05, 3.63) is 99.3 Å². The number of nitrogens with zero attached hydrogens (tertiary/aromatic N) is 4. The van der Waals surface area contributed by atoms with Gasteiger partial charge in [0.2, 0.25) is 0 Å². The molecule has 0 unspecified atom stereocenters. The van der Waals surface area contributed by atoms with E-state index >= 15 is 0 Å². The molecular weight excluding hydrogens is 998 g/mol. The SMILES string of the molecule is CCC[C@@H](CNC(=O)c1ccc(N)c(Cl)c1)[N+](C)(C)CCCc1ccc(OCCNC(=O)NCCCCNC(=O)NCCOc2ccc(CCC[N+](C)(C)[C@@H](CCC)CNC(=O)c3nc(Cl)c(N)nc3N)cc2)cc1. The van der Waals surface area contributed by atoms with Crippen LogP contribution in [0.4, 0.5) is 26.9 Å². The zero-order valence-electron chi connectivity index (χ0n) is 44.9. The maximum Gasteiger partial charge on any atom is 0.314 e. The molecule has 0 saturated carbocycles. The molecule has 3 aromatic carbocycles. The number of nitrogen functional groups attached to an aromatic ring is 3. The first-order valence-electron chi connectivity index (χ1n) is 26.1. The number of carbonyl (C=O) groups is 4. The number of amides is 6. The quantitative estimate of drug-likeness (QED) is 0.0140. The lowest BCUT2D eigenvalue weighted by atomic mass is 10.1. The molecule has 2 atom stereocenters. The molecule has 0 bridgehead atoms. The van der Waals surface area contributed by atoms with E-state index < -0.39 is 5.91 Å². The molecule has 21 heteroatoms. The molecule has 6 amide bonds. The van der Waals surface area contributed by atoms with Gasteiger partial charge < -0.3 is 67.5 Å². The standard InChI is InChI=1S/C54H81Cl2N13O6/c1-7-13-41(36-64-51(70)40-21-26-46(57)45(55)35-40)68(3,4)31-11-15-38-17-22-43(23-18-38)74-33-29-62-53(72)60-27-9-10-28-61-54(73)63-30-34-75-44-24-19-39(20-25-44)16-12-32-69(5,6)42(14-8-2)37-65-52(71)47-49(58)67-50(59)48(56)66-47/h17-26,35,41-42H,7-16,27-34,36-37H2,1-6H3,(H10-2,57,58,59,60,61,62,63,64,65,67,70,71,72,73)/p+2/t41-,42-/m0/s1. The first kappa shape index (κ1) is 61.3. The van der Waals surface area contributed by atoms with Crippen molar-refractivity contribution in [3.8, 4) is 11.5 Å². The average Bonchev–Trinajstić information content (AvgIpc) is 3.37. The van der Waals surface area contributed by atoms with Gasteiger partial charge in [0.25, 0.3) is 11.8 Å². The van der Waals surface area contributed by atoms with Gasteiger partial charge in [-0.05, 0) is 79.3 Å². The van der Waals surface area contributed by atoms with E-state index in [-0.39, 0.29) is 52.5 Å². The Bertz CT molecular complexity index is 2410. The molecule has 412 valence electrons. The van der Waals surface area contributed by atoms with Crippen LogP contribution in [0.2, 0.25) is 10.2 Å². The molecule has 1 heterocycles. The first-order chi connectivity index (χ1) is 35.8. The van der Waals surface area contributed by atoms with Gasteiger partial charge >= 0.3 is 12.1 Å². The molecule has 0 aliphatic heterocycles. The number of rotatable bonds is 33. The third-order valence-electron chi connectivity index (χ3n) is 13.3. The molecule has 0 aliphatic carbocycles. The number of anilines is 3. The molecule has 75 heavy (non-hydrogen) atoms. The van der Waals surface area contributed by atoms with Crippen LogP contribution in [-0.4, -0.2) is 149 Å². The van der Waals surface area contributed by atoms with Gasteiger partial charge in [-0.3, -0.25) is 9.59 Å². The predicted molar refractivity (Wildman–Crippen MR) is 300 cm³/mol. The Morgan fingerprint density at radius 2 is 1.03 bits per heavy atom. The number of aromatic nitrogens is 2. The highest BCUT2D eigenvalue weighted by atomic mass is 35.5. The lowest BCUT2D eigenvalue weighted by molar-refractivity contribution is -0.914. The molecule has 0 aliphatic rings. The predicted octanol–water partition coefficient (Wildman–Crippen LogP) is 6.58. The molecule has 12 N–H and O–H groups in total. The van der Waals surface area contributed by atoms with Crippen molar-refractivity contribution in [2.45, 2.75) is 90.1 Å². The van der Waals surface area contributed by atoms with Crippen LogP contribution in [0.5, 0.6) is 11.5 Å². The zero-order valence-corrected chi connectivity index (χ0v) is 46.4. The van der Waals surface area contributed by atoms with Crippen molar-refractivity contribution in [2.24, 2.45) is 0 Å². The van der Waals surface area contributed by atoms with Gasteiger partial charge in [-0.2, -0.15) is 0 Å². The third kappa shape index (κ3) is 21.8. The second-order valence-electron chi connectivity index (χ2n) is 19.9. The number of unbranched alkanes of at least 4 members (excludes halogenated alkanes) is 1. The van der Waals surface area contributed by atoms with Crippen LogP contribution < -0.4 is 58.6 Å². The summed E-state index contributed by atoms with van der Waals surface area (Å²) in [6, 6.07) is 20.9. The van der Waals surface area contributed by atoms with E-state index in [1.54, 1.807) is 18.2 Å². The van der Waals surface area contributed by atoms with Crippen LogP contribution in [0.1, 0.15) is 97.2 Å². The van der Waals surface area contributed by atoms with Crippen LogP contribution in [-0.2, 0) is 12.8 Å². The summed E-state index contributed by atoms with van der Waals surface area (Å²) in [6.45, 7) is 9.49. The van der Waals surface area contributed by atoms with Gasteiger partial charge in [-0.1, -0.05) is 74.2 Å². The fourth-order valence-electron chi connectivity index (χ4n) is 8.64.